The molecule has 8 heteroatoms. The van der Waals surface area contributed by atoms with E-state index in [-0.39, 0.29) is 16.4 Å². The summed E-state index contributed by atoms with van der Waals surface area (Å²) in [7, 11) is -3.80. The lowest BCUT2D eigenvalue weighted by atomic mass is 10.0. The number of amides is 1. The van der Waals surface area contributed by atoms with Gasteiger partial charge in [0.2, 0.25) is 0 Å². The highest BCUT2D eigenvalue weighted by molar-refractivity contribution is 7.92. The van der Waals surface area contributed by atoms with E-state index >= 15 is 0 Å². The number of ether oxygens (including phenoxy) is 1. The van der Waals surface area contributed by atoms with E-state index < -0.39 is 28.1 Å². The number of sulfonamides is 1. The molecular weight excluding hydrogens is 452 g/mol. The van der Waals surface area contributed by atoms with Crippen LogP contribution in [-0.2, 0) is 26.1 Å². The van der Waals surface area contributed by atoms with Gasteiger partial charge in [0.1, 0.15) is 0 Å². The quantitative estimate of drug-likeness (QED) is 0.480. The SMILES string of the molecule is CC(C)(C)N(Cc1ccccc1)C(=O)COC(=O)c1ccc(S(=O)(=O)Nc2ccccc2)cc1. The maximum Gasteiger partial charge on any atom is 0.338 e. The fourth-order valence-corrected chi connectivity index (χ4v) is 4.30. The fourth-order valence-electron chi connectivity index (χ4n) is 3.24. The third kappa shape index (κ3) is 6.68. The molecule has 0 bridgehead atoms. The maximum absolute atomic E-state index is 12.9. The third-order valence-corrected chi connectivity index (χ3v) is 6.44. The highest BCUT2D eigenvalue weighted by Crippen LogP contribution is 2.19. The molecule has 34 heavy (non-hydrogen) atoms. The van der Waals surface area contributed by atoms with Crippen molar-refractivity contribution in [2.45, 2.75) is 37.8 Å². The lowest BCUT2D eigenvalue weighted by molar-refractivity contribution is -0.140. The van der Waals surface area contributed by atoms with Gasteiger partial charge in [-0.1, -0.05) is 48.5 Å². The van der Waals surface area contributed by atoms with E-state index in [2.05, 4.69) is 4.72 Å². The highest BCUT2D eigenvalue weighted by atomic mass is 32.2. The van der Waals surface area contributed by atoms with Gasteiger partial charge < -0.3 is 9.64 Å². The molecule has 7 nitrogen and oxygen atoms in total. The van der Waals surface area contributed by atoms with E-state index in [1.165, 1.54) is 24.3 Å². The highest BCUT2D eigenvalue weighted by Gasteiger charge is 2.27. The Balaban J connectivity index is 1.63. The van der Waals surface area contributed by atoms with Crippen molar-refractivity contribution in [2.75, 3.05) is 11.3 Å². The Morgan fingerprint density at radius 2 is 1.41 bits per heavy atom. The van der Waals surface area contributed by atoms with E-state index in [1.54, 1.807) is 35.2 Å². The van der Waals surface area contributed by atoms with Crippen molar-refractivity contribution in [2.24, 2.45) is 0 Å². The summed E-state index contributed by atoms with van der Waals surface area (Å²) in [4.78, 5) is 27.0. The largest absolute Gasteiger partial charge is 0.452 e. The van der Waals surface area contributed by atoms with Crippen LogP contribution in [0.1, 0.15) is 36.7 Å². The zero-order valence-corrected chi connectivity index (χ0v) is 20.2. The first-order valence-corrected chi connectivity index (χ1v) is 12.2. The molecule has 0 atom stereocenters. The van der Waals surface area contributed by atoms with Crippen LogP contribution in [0, 0.1) is 0 Å². The van der Waals surface area contributed by atoms with Gasteiger partial charge in [-0.05, 0) is 62.7 Å². The zero-order valence-electron chi connectivity index (χ0n) is 19.4. The molecule has 0 aliphatic rings. The molecule has 0 aromatic heterocycles. The molecule has 178 valence electrons. The zero-order chi connectivity index (χ0) is 24.8. The van der Waals surface area contributed by atoms with Crippen molar-refractivity contribution in [3.63, 3.8) is 0 Å². The predicted molar refractivity (Wildman–Crippen MR) is 131 cm³/mol. The van der Waals surface area contributed by atoms with E-state index in [9.17, 15) is 18.0 Å². The van der Waals surface area contributed by atoms with Gasteiger partial charge in [0.15, 0.2) is 6.61 Å². The number of para-hydroxylation sites is 1. The van der Waals surface area contributed by atoms with E-state index in [4.69, 9.17) is 4.74 Å². The van der Waals surface area contributed by atoms with Crippen molar-refractivity contribution in [1.29, 1.82) is 0 Å². The van der Waals surface area contributed by atoms with Crippen LogP contribution in [0.3, 0.4) is 0 Å². The lowest BCUT2D eigenvalue weighted by Crippen LogP contribution is -2.46. The van der Waals surface area contributed by atoms with Crippen molar-refractivity contribution in [3.05, 3.63) is 96.1 Å². The maximum atomic E-state index is 12.9. The summed E-state index contributed by atoms with van der Waals surface area (Å²) >= 11 is 0. The van der Waals surface area contributed by atoms with Crippen LogP contribution in [0.2, 0.25) is 0 Å². The molecule has 0 radical (unpaired) electrons. The summed E-state index contributed by atoms with van der Waals surface area (Å²) in [6, 6.07) is 23.4. The summed E-state index contributed by atoms with van der Waals surface area (Å²) < 4.78 is 32.8. The Morgan fingerprint density at radius 3 is 1.97 bits per heavy atom. The van der Waals surface area contributed by atoms with Crippen molar-refractivity contribution in [1.82, 2.24) is 4.90 Å². The molecule has 0 unspecified atom stereocenters. The van der Waals surface area contributed by atoms with Crippen LogP contribution >= 0.6 is 0 Å². The molecular formula is C26H28N2O5S. The van der Waals surface area contributed by atoms with Gasteiger partial charge in [0.25, 0.3) is 15.9 Å². The number of anilines is 1. The normalized spacial score (nSPS) is 11.5. The molecule has 1 N–H and O–H groups in total. The number of esters is 1. The Hall–Kier alpha value is -3.65. The van der Waals surface area contributed by atoms with Gasteiger partial charge in [0.05, 0.1) is 10.5 Å². The monoisotopic (exact) mass is 480 g/mol. The second kappa shape index (κ2) is 10.5. The Morgan fingerprint density at radius 1 is 0.853 bits per heavy atom. The lowest BCUT2D eigenvalue weighted by Gasteiger charge is -2.35. The van der Waals surface area contributed by atoms with Gasteiger partial charge in [-0.3, -0.25) is 9.52 Å². The van der Waals surface area contributed by atoms with Crippen LogP contribution in [0.5, 0.6) is 0 Å². The van der Waals surface area contributed by atoms with Crippen LogP contribution in [-0.4, -0.2) is 37.3 Å². The number of nitrogens with one attached hydrogen (secondary N) is 1. The average Bonchev–Trinajstić information content (AvgIpc) is 2.81. The van der Waals surface area contributed by atoms with E-state index in [0.29, 0.717) is 12.2 Å². The summed E-state index contributed by atoms with van der Waals surface area (Å²) in [6.45, 7) is 5.72. The predicted octanol–water partition coefficient (Wildman–Crippen LogP) is 4.47. The first kappa shape index (κ1) is 25.0. The van der Waals surface area contributed by atoms with E-state index in [1.807, 2.05) is 51.1 Å². The van der Waals surface area contributed by atoms with Gasteiger partial charge in [-0.15, -0.1) is 0 Å². The minimum atomic E-state index is -3.80. The molecule has 0 heterocycles. The molecule has 1 amide bonds. The second-order valence-electron chi connectivity index (χ2n) is 8.71. The Kier molecular flexibility index (Phi) is 7.73. The molecule has 3 aromatic rings. The number of carbonyl (C=O) groups is 2. The minimum absolute atomic E-state index is 0.00532. The van der Waals surface area contributed by atoms with Crippen LogP contribution in [0.4, 0.5) is 5.69 Å². The summed E-state index contributed by atoms with van der Waals surface area (Å²) in [6.07, 6.45) is 0. The molecule has 0 saturated heterocycles. The minimum Gasteiger partial charge on any atom is -0.452 e. The third-order valence-electron chi connectivity index (χ3n) is 5.05. The molecule has 0 saturated carbocycles. The molecule has 0 spiro atoms. The number of benzene rings is 3. The molecule has 0 aliphatic heterocycles. The van der Waals surface area contributed by atoms with Gasteiger partial charge in [-0.2, -0.15) is 0 Å². The van der Waals surface area contributed by atoms with Crippen LogP contribution in [0.15, 0.2) is 89.8 Å². The molecule has 3 rings (SSSR count). The van der Waals surface area contributed by atoms with Gasteiger partial charge in [0, 0.05) is 17.8 Å². The average molecular weight is 481 g/mol. The standard InChI is InChI=1S/C26H28N2O5S/c1-26(2,3)28(18-20-10-6-4-7-11-20)24(29)19-33-25(30)21-14-16-23(17-15-21)34(31,32)27-22-12-8-5-9-13-22/h4-17,27H,18-19H2,1-3H3. The summed E-state index contributed by atoms with van der Waals surface area (Å²) in [5.74, 6) is -1.03. The number of hydrogen-bond donors (Lipinski definition) is 1. The van der Waals surface area contributed by atoms with Gasteiger partial charge in [-0.25, -0.2) is 13.2 Å². The summed E-state index contributed by atoms with van der Waals surface area (Å²) in [5, 5.41) is 0. The fraction of sp³-hybridized carbons (Fsp3) is 0.231. The first-order chi connectivity index (χ1) is 16.1. The molecule has 0 aliphatic carbocycles. The Bertz CT molecular complexity index is 1220. The van der Waals surface area contributed by atoms with Gasteiger partial charge >= 0.3 is 5.97 Å². The van der Waals surface area contributed by atoms with Crippen molar-refractivity contribution in [3.8, 4) is 0 Å². The molecule has 3 aromatic carbocycles. The second-order valence-corrected chi connectivity index (χ2v) is 10.4. The number of hydrogen-bond acceptors (Lipinski definition) is 5. The molecule has 0 fully saturated rings. The van der Waals surface area contributed by atoms with Crippen molar-refractivity contribution < 1.29 is 22.7 Å². The van der Waals surface area contributed by atoms with E-state index in [0.717, 1.165) is 5.56 Å². The van der Waals surface area contributed by atoms with Crippen LogP contribution in [0.25, 0.3) is 0 Å². The van der Waals surface area contributed by atoms with Crippen molar-refractivity contribution >= 4 is 27.6 Å². The topological polar surface area (TPSA) is 92.8 Å². The van der Waals surface area contributed by atoms with Crippen LogP contribution < -0.4 is 4.72 Å². The first-order valence-electron chi connectivity index (χ1n) is 10.8. The number of carbonyl (C=O) groups excluding carboxylic acids is 2. The summed E-state index contributed by atoms with van der Waals surface area (Å²) in [5.41, 5.74) is 1.08. The Labute approximate surface area is 200 Å². The number of nitrogens with zero attached hydrogens (tertiary/aromatic N) is 1. The number of rotatable bonds is 8. The smallest absolute Gasteiger partial charge is 0.338 e.